The van der Waals surface area contributed by atoms with Gasteiger partial charge in [0.1, 0.15) is 5.82 Å². The predicted octanol–water partition coefficient (Wildman–Crippen LogP) is 2.41. The Morgan fingerprint density at radius 1 is 1.03 bits per heavy atom. The molecule has 0 radical (unpaired) electrons. The quantitative estimate of drug-likeness (QED) is 0.657. The van der Waals surface area contributed by atoms with Gasteiger partial charge in [0.05, 0.1) is 22.9 Å². The highest BCUT2D eigenvalue weighted by Crippen LogP contribution is 2.31. The average Bonchev–Trinajstić information content (AvgIpc) is 3.16. The lowest BCUT2D eigenvalue weighted by Crippen LogP contribution is -2.34. The number of amides is 1. The minimum Gasteiger partial charge on any atom is -0.336 e. The molecule has 1 aromatic heterocycles. The molecule has 2 aromatic carbocycles. The van der Waals surface area contributed by atoms with Crippen molar-refractivity contribution in [1.29, 1.82) is 0 Å². The Balaban J connectivity index is 1.55. The fourth-order valence-electron chi connectivity index (χ4n) is 3.44. The van der Waals surface area contributed by atoms with E-state index in [1.165, 1.54) is 34.1 Å². The third-order valence-electron chi connectivity index (χ3n) is 4.98. The monoisotopic (exact) mass is 414 g/mol. The van der Waals surface area contributed by atoms with Crippen LogP contribution in [0.2, 0.25) is 0 Å². The predicted molar refractivity (Wildman–Crippen MR) is 105 cm³/mol. The van der Waals surface area contributed by atoms with Crippen LogP contribution in [-0.4, -0.2) is 53.1 Å². The van der Waals surface area contributed by atoms with E-state index >= 15 is 0 Å². The molecule has 0 aliphatic carbocycles. The van der Waals surface area contributed by atoms with Crippen molar-refractivity contribution >= 4 is 15.7 Å². The van der Waals surface area contributed by atoms with Crippen molar-refractivity contribution in [2.75, 3.05) is 18.8 Å². The maximum atomic E-state index is 14.2. The Bertz CT molecular complexity index is 1130. The summed E-state index contributed by atoms with van der Waals surface area (Å²) in [5.74, 6) is -1.17. The summed E-state index contributed by atoms with van der Waals surface area (Å²) < 4.78 is 39.6. The molecule has 1 amide bonds. The lowest BCUT2D eigenvalue weighted by Gasteiger charge is -2.18. The van der Waals surface area contributed by atoms with Crippen molar-refractivity contribution in [3.63, 3.8) is 0 Å². The molecule has 1 fully saturated rings. The number of benzene rings is 2. The van der Waals surface area contributed by atoms with Crippen LogP contribution in [0.1, 0.15) is 27.7 Å². The molecule has 4 rings (SSSR count). The molecule has 1 aliphatic rings. The number of carbonyl (C=O) groups is 1. The van der Waals surface area contributed by atoms with Crippen molar-refractivity contribution < 1.29 is 17.6 Å². The van der Waals surface area contributed by atoms with E-state index in [4.69, 9.17) is 0 Å². The lowest BCUT2D eigenvalue weighted by molar-refractivity contribution is 0.0760. The summed E-state index contributed by atoms with van der Waals surface area (Å²) in [5.41, 5.74) is 0.997. The third-order valence-corrected chi connectivity index (χ3v) is 7.09. The van der Waals surface area contributed by atoms with E-state index in [0.717, 1.165) is 0 Å². The molecule has 1 aliphatic heterocycles. The first-order chi connectivity index (χ1) is 14.0. The van der Waals surface area contributed by atoms with Crippen molar-refractivity contribution in [3.8, 4) is 5.69 Å². The Morgan fingerprint density at radius 3 is 2.52 bits per heavy atom. The normalized spacial score (nSPS) is 18.9. The zero-order valence-electron chi connectivity index (χ0n) is 15.5. The number of halogens is 1. The first-order valence-corrected chi connectivity index (χ1v) is 10.9. The molecule has 0 N–H and O–H groups in total. The smallest absolute Gasteiger partial charge is 0.276 e. The number of rotatable bonds is 3. The minimum absolute atomic E-state index is 0.0321. The van der Waals surface area contributed by atoms with Crippen LogP contribution in [0.25, 0.3) is 5.69 Å². The molecule has 1 unspecified atom stereocenters. The summed E-state index contributed by atoms with van der Waals surface area (Å²) in [7, 11) is -3.60. The second-order valence-corrected chi connectivity index (χ2v) is 9.12. The SMILES string of the molecule is O=C(c1cnn(-c2ccccc2)n1)N1CCC(c2ccccc2F)S(=O)(=O)CC1. The standard InChI is InChI=1S/C20H19FN4O3S/c21-17-9-5-4-8-16(17)19-10-11-24(12-13-29(19,27)28)20(26)18-14-22-25(23-18)15-6-2-1-3-7-15/h1-9,14,19H,10-13H2. The van der Waals surface area contributed by atoms with Crippen LogP contribution in [0.15, 0.2) is 60.8 Å². The van der Waals surface area contributed by atoms with Crippen LogP contribution >= 0.6 is 0 Å². The Kier molecular flexibility index (Phi) is 5.14. The van der Waals surface area contributed by atoms with Gasteiger partial charge in [-0.2, -0.15) is 9.90 Å². The Morgan fingerprint density at radius 2 is 1.76 bits per heavy atom. The molecule has 1 saturated heterocycles. The summed E-state index contributed by atoms with van der Waals surface area (Å²) in [6, 6.07) is 15.0. The van der Waals surface area contributed by atoms with Gasteiger partial charge in [-0.25, -0.2) is 12.8 Å². The van der Waals surface area contributed by atoms with E-state index in [2.05, 4.69) is 10.2 Å². The first-order valence-electron chi connectivity index (χ1n) is 9.19. The molecule has 0 spiro atoms. The molecule has 150 valence electrons. The number of nitrogens with zero attached hydrogens (tertiary/aromatic N) is 4. The van der Waals surface area contributed by atoms with Crippen molar-refractivity contribution in [3.05, 3.63) is 77.9 Å². The van der Waals surface area contributed by atoms with Gasteiger partial charge >= 0.3 is 0 Å². The van der Waals surface area contributed by atoms with Gasteiger partial charge in [-0.3, -0.25) is 4.79 Å². The highest BCUT2D eigenvalue weighted by Gasteiger charge is 2.34. The summed E-state index contributed by atoms with van der Waals surface area (Å²) in [6.07, 6.45) is 1.49. The van der Waals surface area contributed by atoms with E-state index in [9.17, 15) is 17.6 Å². The number of sulfone groups is 1. The number of hydrogen-bond donors (Lipinski definition) is 0. The zero-order chi connectivity index (χ0) is 20.4. The highest BCUT2D eigenvalue weighted by atomic mass is 32.2. The summed E-state index contributed by atoms with van der Waals surface area (Å²) in [5, 5.41) is 7.37. The number of aromatic nitrogens is 3. The Hall–Kier alpha value is -3.07. The maximum Gasteiger partial charge on any atom is 0.276 e. The van der Waals surface area contributed by atoms with E-state index in [-0.39, 0.29) is 36.5 Å². The van der Waals surface area contributed by atoms with E-state index in [0.29, 0.717) is 5.69 Å². The largest absolute Gasteiger partial charge is 0.336 e. The van der Waals surface area contributed by atoms with Crippen LogP contribution in [0, 0.1) is 5.82 Å². The van der Waals surface area contributed by atoms with Crippen LogP contribution in [-0.2, 0) is 9.84 Å². The van der Waals surface area contributed by atoms with E-state index < -0.39 is 26.8 Å². The van der Waals surface area contributed by atoms with Gasteiger partial charge in [0.25, 0.3) is 5.91 Å². The summed E-state index contributed by atoms with van der Waals surface area (Å²) >= 11 is 0. The van der Waals surface area contributed by atoms with Crippen LogP contribution < -0.4 is 0 Å². The van der Waals surface area contributed by atoms with Gasteiger partial charge in [0.15, 0.2) is 15.5 Å². The topological polar surface area (TPSA) is 85.2 Å². The molecule has 0 saturated carbocycles. The molecule has 3 aromatic rings. The molecule has 2 heterocycles. The van der Waals surface area contributed by atoms with E-state index in [1.54, 1.807) is 6.07 Å². The fraction of sp³-hybridized carbons (Fsp3) is 0.250. The molecule has 1 atom stereocenters. The molecule has 9 heteroatoms. The molecule has 29 heavy (non-hydrogen) atoms. The number of hydrogen-bond acceptors (Lipinski definition) is 5. The van der Waals surface area contributed by atoms with Gasteiger partial charge < -0.3 is 4.90 Å². The second kappa shape index (κ2) is 7.75. The summed E-state index contributed by atoms with van der Waals surface area (Å²) in [6.45, 7) is 0.222. The van der Waals surface area contributed by atoms with Gasteiger partial charge in [0.2, 0.25) is 0 Å². The van der Waals surface area contributed by atoms with Crippen molar-refractivity contribution in [2.24, 2.45) is 0 Å². The Labute approximate surface area is 167 Å². The molecular formula is C20H19FN4O3S. The van der Waals surface area contributed by atoms with Crippen LogP contribution in [0.4, 0.5) is 4.39 Å². The molecule has 7 nitrogen and oxygen atoms in total. The molecular weight excluding hydrogens is 395 g/mol. The van der Waals surface area contributed by atoms with Gasteiger partial charge in [-0.1, -0.05) is 36.4 Å². The van der Waals surface area contributed by atoms with Crippen LogP contribution in [0.5, 0.6) is 0 Å². The van der Waals surface area contributed by atoms with Gasteiger partial charge in [0, 0.05) is 18.7 Å². The molecule has 0 bridgehead atoms. The highest BCUT2D eigenvalue weighted by molar-refractivity contribution is 7.91. The fourth-order valence-corrected chi connectivity index (χ4v) is 5.24. The minimum atomic E-state index is -3.60. The van der Waals surface area contributed by atoms with Gasteiger partial charge in [-0.15, -0.1) is 5.10 Å². The number of carbonyl (C=O) groups excluding carboxylic acids is 1. The van der Waals surface area contributed by atoms with Crippen LogP contribution in [0.3, 0.4) is 0 Å². The van der Waals surface area contributed by atoms with Gasteiger partial charge in [-0.05, 0) is 24.6 Å². The lowest BCUT2D eigenvalue weighted by atomic mass is 10.1. The van der Waals surface area contributed by atoms with Crippen molar-refractivity contribution in [2.45, 2.75) is 11.7 Å². The van der Waals surface area contributed by atoms with Crippen molar-refractivity contribution in [1.82, 2.24) is 19.9 Å². The maximum absolute atomic E-state index is 14.2. The second-order valence-electron chi connectivity index (χ2n) is 6.81. The zero-order valence-corrected chi connectivity index (χ0v) is 16.3. The summed E-state index contributed by atoms with van der Waals surface area (Å²) in [4.78, 5) is 15.7. The number of para-hydroxylation sites is 1. The third kappa shape index (κ3) is 3.91. The first kappa shape index (κ1) is 19.3. The average molecular weight is 414 g/mol. The van der Waals surface area contributed by atoms with E-state index in [1.807, 2.05) is 30.3 Å².